The normalized spacial score (nSPS) is 13.8. The Kier molecular flexibility index (Phi) is 6.67. The number of nitrogens with two attached hydrogens (primary N) is 1. The molecule has 0 atom stereocenters. The maximum atomic E-state index is 5.94. The number of benzene rings is 2. The van der Waals surface area contributed by atoms with Crippen LogP contribution in [-0.4, -0.2) is 30.5 Å². The van der Waals surface area contributed by atoms with E-state index in [1.807, 2.05) is 0 Å². The van der Waals surface area contributed by atoms with Crippen LogP contribution in [0.4, 0.5) is 0 Å². The molecule has 0 aliphatic carbocycles. The highest BCUT2D eigenvalue weighted by Crippen LogP contribution is 2.17. The van der Waals surface area contributed by atoms with Crippen molar-refractivity contribution in [1.82, 2.24) is 5.01 Å². The Morgan fingerprint density at radius 1 is 0.962 bits per heavy atom. The molecule has 1 aliphatic rings. The van der Waals surface area contributed by atoms with Gasteiger partial charge >= 0.3 is 0 Å². The monoisotopic (exact) mass is 351 g/mol. The second-order valence-electron chi connectivity index (χ2n) is 6.83. The van der Waals surface area contributed by atoms with Gasteiger partial charge in [0.15, 0.2) is 0 Å². The molecule has 0 saturated carbocycles. The van der Waals surface area contributed by atoms with E-state index >= 15 is 0 Å². The van der Waals surface area contributed by atoms with Gasteiger partial charge in [0.1, 0.15) is 11.6 Å². The zero-order valence-electron chi connectivity index (χ0n) is 15.7. The molecule has 4 nitrogen and oxygen atoms in total. The summed E-state index contributed by atoms with van der Waals surface area (Å²) in [7, 11) is 0. The maximum Gasteiger partial charge on any atom is 0.145 e. The van der Waals surface area contributed by atoms with Crippen molar-refractivity contribution >= 4 is 5.84 Å². The predicted molar refractivity (Wildman–Crippen MR) is 108 cm³/mol. The summed E-state index contributed by atoms with van der Waals surface area (Å²) in [6.07, 6.45) is 5.84. The van der Waals surface area contributed by atoms with Crippen molar-refractivity contribution in [3.05, 3.63) is 65.2 Å². The van der Waals surface area contributed by atoms with Crippen LogP contribution in [-0.2, 0) is 6.42 Å². The second-order valence-corrected chi connectivity index (χ2v) is 6.83. The molecule has 0 saturated heterocycles. The SMILES string of the molecule is CCCCCCOc1ccc(Cc2ccc(C3=NCCN3N)cc2)cc1. The van der Waals surface area contributed by atoms with E-state index in [-0.39, 0.29) is 0 Å². The number of ether oxygens (including phenoxy) is 1. The lowest BCUT2D eigenvalue weighted by atomic mass is 10.0. The van der Waals surface area contributed by atoms with Crippen LogP contribution in [0.25, 0.3) is 0 Å². The van der Waals surface area contributed by atoms with Crippen LogP contribution < -0.4 is 10.6 Å². The van der Waals surface area contributed by atoms with Crippen LogP contribution in [0.2, 0.25) is 0 Å². The average molecular weight is 351 g/mol. The molecule has 0 unspecified atom stereocenters. The van der Waals surface area contributed by atoms with Gasteiger partial charge in [-0.05, 0) is 36.1 Å². The van der Waals surface area contributed by atoms with Gasteiger partial charge in [-0.1, -0.05) is 62.6 Å². The van der Waals surface area contributed by atoms with Crippen LogP contribution in [0.5, 0.6) is 5.75 Å². The molecule has 0 spiro atoms. The lowest BCUT2D eigenvalue weighted by Gasteiger charge is -2.13. The molecule has 1 heterocycles. The standard InChI is InChI=1S/C22H29N3O/c1-2-3-4-5-16-26-21-12-8-19(9-13-21)17-18-6-10-20(11-7-18)22-24-14-15-25(22)23/h6-13H,2-5,14-17,23H2,1H3. The first-order valence-electron chi connectivity index (χ1n) is 9.64. The Labute approximate surface area is 156 Å². The number of rotatable bonds is 9. The van der Waals surface area contributed by atoms with Gasteiger partial charge in [-0.25, -0.2) is 5.84 Å². The van der Waals surface area contributed by atoms with Crippen molar-refractivity contribution in [2.24, 2.45) is 10.8 Å². The minimum Gasteiger partial charge on any atom is -0.494 e. The van der Waals surface area contributed by atoms with E-state index < -0.39 is 0 Å². The molecule has 0 radical (unpaired) electrons. The molecule has 1 aliphatic heterocycles. The summed E-state index contributed by atoms with van der Waals surface area (Å²) >= 11 is 0. The minimum atomic E-state index is 0.778. The van der Waals surface area contributed by atoms with Crippen molar-refractivity contribution in [3.63, 3.8) is 0 Å². The molecule has 4 heteroatoms. The van der Waals surface area contributed by atoms with E-state index in [2.05, 4.69) is 60.4 Å². The summed E-state index contributed by atoms with van der Waals surface area (Å²) in [5.74, 6) is 7.78. The van der Waals surface area contributed by atoms with E-state index in [0.717, 1.165) is 49.7 Å². The number of hydrogen-bond donors (Lipinski definition) is 1. The molecule has 2 aromatic rings. The van der Waals surface area contributed by atoms with Gasteiger partial charge in [0.2, 0.25) is 0 Å². The van der Waals surface area contributed by atoms with E-state index in [0.29, 0.717) is 0 Å². The third-order valence-electron chi connectivity index (χ3n) is 4.68. The van der Waals surface area contributed by atoms with Crippen LogP contribution in [0.3, 0.4) is 0 Å². The summed E-state index contributed by atoms with van der Waals surface area (Å²) < 4.78 is 5.81. The largest absolute Gasteiger partial charge is 0.494 e. The Bertz CT molecular complexity index is 707. The Balaban J connectivity index is 1.51. The molecule has 26 heavy (non-hydrogen) atoms. The molecular formula is C22H29N3O. The molecule has 0 amide bonds. The van der Waals surface area contributed by atoms with E-state index in [9.17, 15) is 0 Å². The van der Waals surface area contributed by atoms with Gasteiger partial charge in [-0.3, -0.25) is 10.0 Å². The van der Waals surface area contributed by atoms with Gasteiger partial charge in [-0.15, -0.1) is 0 Å². The Morgan fingerprint density at radius 2 is 1.65 bits per heavy atom. The smallest absolute Gasteiger partial charge is 0.145 e. The number of hydrogen-bond acceptors (Lipinski definition) is 4. The fourth-order valence-corrected chi connectivity index (χ4v) is 3.15. The van der Waals surface area contributed by atoms with Gasteiger partial charge in [0.25, 0.3) is 0 Å². The first-order chi connectivity index (χ1) is 12.8. The van der Waals surface area contributed by atoms with E-state index in [1.54, 1.807) is 5.01 Å². The highest BCUT2D eigenvalue weighted by Gasteiger charge is 2.14. The molecule has 2 aromatic carbocycles. The third kappa shape index (κ3) is 5.09. The molecule has 0 fully saturated rings. The van der Waals surface area contributed by atoms with Crippen LogP contribution in [0.15, 0.2) is 53.5 Å². The lowest BCUT2D eigenvalue weighted by Crippen LogP contribution is -2.34. The summed E-state index contributed by atoms with van der Waals surface area (Å²) in [5, 5.41) is 1.72. The van der Waals surface area contributed by atoms with E-state index in [1.165, 1.54) is 30.4 Å². The molecule has 3 rings (SSSR count). The van der Waals surface area contributed by atoms with Gasteiger partial charge < -0.3 is 4.74 Å². The fraction of sp³-hybridized carbons (Fsp3) is 0.409. The number of amidine groups is 1. The zero-order chi connectivity index (χ0) is 18.2. The van der Waals surface area contributed by atoms with Crippen molar-refractivity contribution in [1.29, 1.82) is 0 Å². The lowest BCUT2D eigenvalue weighted by molar-refractivity contribution is 0.305. The number of aliphatic imine (C=N–C) groups is 1. The van der Waals surface area contributed by atoms with Gasteiger partial charge in [0.05, 0.1) is 19.7 Å². The van der Waals surface area contributed by atoms with Gasteiger partial charge in [0, 0.05) is 5.56 Å². The summed E-state index contributed by atoms with van der Waals surface area (Å²) in [6.45, 7) is 4.61. The Hall–Kier alpha value is -2.33. The fourth-order valence-electron chi connectivity index (χ4n) is 3.15. The summed E-state index contributed by atoms with van der Waals surface area (Å²) in [6, 6.07) is 17.0. The highest BCUT2D eigenvalue weighted by atomic mass is 16.5. The van der Waals surface area contributed by atoms with Crippen molar-refractivity contribution in [3.8, 4) is 5.75 Å². The summed E-state index contributed by atoms with van der Waals surface area (Å²) in [5.41, 5.74) is 3.65. The molecule has 0 bridgehead atoms. The number of hydrazine groups is 1. The molecule has 2 N–H and O–H groups in total. The number of nitrogens with zero attached hydrogens (tertiary/aromatic N) is 2. The minimum absolute atomic E-state index is 0.778. The maximum absolute atomic E-state index is 5.94. The molecular weight excluding hydrogens is 322 g/mol. The van der Waals surface area contributed by atoms with Gasteiger partial charge in [-0.2, -0.15) is 0 Å². The molecule has 138 valence electrons. The van der Waals surface area contributed by atoms with Crippen LogP contribution in [0, 0.1) is 0 Å². The van der Waals surface area contributed by atoms with Crippen LogP contribution in [0.1, 0.15) is 49.3 Å². The first kappa shape index (κ1) is 18.5. The quantitative estimate of drug-likeness (QED) is 0.545. The summed E-state index contributed by atoms with van der Waals surface area (Å²) in [4.78, 5) is 4.45. The zero-order valence-corrected chi connectivity index (χ0v) is 15.7. The van der Waals surface area contributed by atoms with Crippen molar-refractivity contribution in [2.75, 3.05) is 19.7 Å². The predicted octanol–water partition coefficient (Wildman–Crippen LogP) is 4.17. The number of unbranched alkanes of at least 4 members (excludes halogenated alkanes) is 3. The van der Waals surface area contributed by atoms with E-state index in [4.69, 9.17) is 10.6 Å². The average Bonchev–Trinajstić information content (AvgIpc) is 3.09. The Morgan fingerprint density at radius 3 is 2.27 bits per heavy atom. The van der Waals surface area contributed by atoms with Crippen LogP contribution >= 0.6 is 0 Å². The topological polar surface area (TPSA) is 50.8 Å². The second kappa shape index (κ2) is 9.39. The van der Waals surface area contributed by atoms with Crippen molar-refractivity contribution < 1.29 is 4.74 Å². The van der Waals surface area contributed by atoms with Crippen molar-refractivity contribution in [2.45, 2.75) is 39.0 Å². The highest BCUT2D eigenvalue weighted by molar-refractivity contribution is 5.99. The molecule has 0 aromatic heterocycles. The third-order valence-corrected chi connectivity index (χ3v) is 4.68. The first-order valence-corrected chi connectivity index (χ1v) is 9.64.